The number of hydrogen-bond donors (Lipinski definition) is 0. The van der Waals surface area contributed by atoms with Gasteiger partial charge in [-0.05, 0) is 62.6 Å². The Morgan fingerprint density at radius 2 is 0.868 bits per heavy atom. The van der Waals surface area contributed by atoms with Gasteiger partial charge in [0.1, 0.15) is 11.6 Å². The third-order valence-corrected chi connectivity index (χ3v) is 6.80. The lowest BCUT2D eigenvalue weighted by molar-refractivity contribution is 0.628. The number of benzene rings is 6. The van der Waals surface area contributed by atoms with E-state index in [9.17, 15) is 8.78 Å². The quantitative estimate of drug-likeness (QED) is 0.230. The third kappa shape index (κ3) is 3.85. The standard InChI is InChI=1S/C33H19F2N3/c34-25-8-3-6-22(17-25)31-36-32(23-7-4-9-26(35)18-23)38-33(37-31)24-12-11-21-14-15-28-27-10-2-1-5-20(27)13-16-29(28)30(21)19-24/h1-19H. The molecule has 1 heterocycles. The molecular weight excluding hydrogens is 476 g/mol. The normalized spacial score (nSPS) is 11.4. The number of nitrogens with zero attached hydrogens (tertiary/aromatic N) is 3. The first-order valence-electron chi connectivity index (χ1n) is 12.2. The summed E-state index contributed by atoms with van der Waals surface area (Å²) >= 11 is 0. The topological polar surface area (TPSA) is 38.7 Å². The van der Waals surface area contributed by atoms with E-state index in [1.54, 1.807) is 24.3 Å². The molecule has 0 saturated heterocycles. The van der Waals surface area contributed by atoms with Gasteiger partial charge >= 0.3 is 0 Å². The smallest absolute Gasteiger partial charge is 0.164 e. The second-order valence-corrected chi connectivity index (χ2v) is 9.21. The fourth-order valence-electron chi connectivity index (χ4n) is 4.98. The van der Waals surface area contributed by atoms with E-state index >= 15 is 0 Å². The van der Waals surface area contributed by atoms with E-state index < -0.39 is 0 Å². The van der Waals surface area contributed by atoms with Gasteiger partial charge in [-0.1, -0.05) is 84.9 Å². The highest BCUT2D eigenvalue weighted by Gasteiger charge is 2.14. The van der Waals surface area contributed by atoms with E-state index in [0.717, 1.165) is 21.7 Å². The summed E-state index contributed by atoms with van der Waals surface area (Å²) in [5.74, 6) is 0.288. The van der Waals surface area contributed by atoms with Crippen LogP contribution in [0.25, 0.3) is 66.5 Å². The molecule has 38 heavy (non-hydrogen) atoms. The molecule has 0 aliphatic heterocycles. The molecule has 0 amide bonds. The molecule has 7 aromatic rings. The maximum atomic E-state index is 14.1. The molecule has 6 aromatic carbocycles. The number of hydrogen-bond acceptors (Lipinski definition) is 3. The summed E-state index contributed by atoms with van der Waals surface area (Å²) in [6.45, 7) is 0. The Hall–Kier alpha value is -5.03. The van der Waals surface area contributed by atoms with Gasteiger partial charge in [0, 0.05) is 16.7 Å². The van der Waals surface area contributed by atoms with Crippen molar-refractivity contribution in [2.45, 2.75) is 0 Å². The Labute approximate surface area is 217 Å². The molecule has 0 fully saturated rings. The van der Waals surface area contributed by atoms with E-state index in [1.165, 1.54) is 40.4 Å². The Morgan fingerprint density at radius 3 is 1.47 bits per heavy atom. The third-order valence-electron chi connectivity index (χ3n) is 6.80. The summed E-state index contributed by atoms with van der Waals surface area (Å²) in [7, 11) is 0. The van der Waals surface area contributed by atoms with Gasteiger partial charge in [-0.2, -0.15) is 0 Å². The number of aromatic nitrogens is 3. The minimum Gasteiger partial charge on any atom is -0.208 e. The van der Waals surface area contributed by atoms with Gasteiger partial charge < -0.3 is 0 Å². The van der Waals surface area contributed by atoms with Crippen molar-refractivity contribution in [2.24, 2.45) is 0 Å². The van der Waals surface area contributed by atoms with E-state index in [0.29, 0.717) is 28.6 Å². The average Bonchev–Trinajstić information content (AvgIpc) is 2.96. The van der Waals surface area contributed by atoms with E-state index in [1.807, 2.05) is 18.2 Å². The van der Waals surface area contributed by atoms with Gasteiger partial charge in [-0.25, -0.2) is 23.7 Å². The predicted molar refractivity (Wildman–Crippen MR) is 149 cm³/mol. The summed E-state index contributed by atoms with van der Waals surface area (Å²) in [6, 6.07) is 35.2. The highest BCUT2D eigenvalue weighted by atomic mass is 19.1. The Bertz CT molecular complexity index is 1950. The molecule has 0 radical (unpaired) electrons. The molecule has 1 aromatic heterocycles. The second kappa shape index (κ2) is 8.82. The second-order valence-electron chi connectivity index (χ2n) is 9.21. The van der Waals surface area contributed by atoms with Gasteiger partial charge in [0.05, 0.1) is 0 Å². The minimum atomic E-state index is -0.388. The van der Waals surface area contributed by atoms with Crippen molar-refractivity contribution in [3.05, 3.63) is 127 Å². The van der Waals surface area contributed by atoms with Gasteiger partial charge in [0.25, 0.3) is 0 Å². The van der Waals surface area contributed by atoms with Crippen LogP contribution in [0.5, 0.6) is 0 Å². The monoisotopic (exact) mass is 495 g/mol. The Morgan fingerprint density at radius 1 is 0.368 bits per heavy atom. The van der Waals surface area contributed by atoms with Gasteiger partial charge in [-0.15, -0.1) is 0 Å². The molecule has 5 heteroatoms. The van der Waals surface area contributed by atoms with Crippen molar-refractivity contribution < 1.29 is 8.78 Å². The summed E-state index contributed by atoms with van der Waals surface area (Å²) < 4.78 is 28.1. The Balaban J connectivity index is 1.47. The van der Waals surface area contributed by atoms with Crippen LogP contribution in [0.2, 0.25) is 0 Å². The number of halogens is 2. The van der Waals surface area contributed by atoms with Crippen molar-refractivity contribution in [2.75, 3.05) is 0 Å². The first kappa shape index (κ1) is 22.2. The molecule has 0 saturated carbocycles. The van der Waals surface area contributed by atoms with E-state index in [2.05, 4.69) is 53.5 Å². The largest absolute Gasteiger partial charge is 0.208 e. The lowest BCUT2D eigenvalue weighted by atomic mass is 9.96. The molecule has 180 valence electrons. The van der Waals surface area contributed by atoms with Crippen LogP contribution in [-0.4, -0.2) is 15.0 Å². The molecule has 0 unspecified atom stereocenters. The molecule has 0 aliphatic carbocycles. The van der Waals surface area contributed by atoms with Crippen LogP contribution >= 0.6 is 0 Å². The summed E-state index contributed by atoms with van der Waals surface area (Å²) in [4.78, 5) is 14.0. The van der Waals surface area contributed by atoms with Crippen LogP contribution in [0.15, 0.2) is 115 Å². The Kier molecular flexibility index (Phi) is 5.15. The average molecular weight is 496 g/mol. The van der Waals surface area contributed by atoms with Crippen LogP contribution in [0.3, 0.4) is 0 Å². The maximum Gasteiger partial charge on any atom is 0.164 e. The predicted octanol–water partition coefficient (Wildman–Crippen LogP) is 8.61. The molecule has 0 spiro atoms. The van der Waals surface area contributed by atoms with Gasteiger partial charge in [0.2, 0.25) is 0 Å². The van der Waals surface area contributed by atoms with Crippen molar-refractivity contribution >= 4 is 32.3 Å². The van der Waals surface area contributed by atoms with Crippen LogP contribution in [0.4, 0.5) is 8.78 Å². The molecule has 0 atom stereocenters. The molecule has 7 rings (SSSR count). The van der Waals surface area contributed by atoms with Gasteiger partial charge in [-0.3, -0.25) is 0 Å². The van der Waals surface area contributed by atoms with E-state index in [4.69, 9.17) is 9.97 Å². The van der Waals surface area contributed by atoms with Crippen LogP contribution < -0.4 is 0 Å². The van der Waals surface area contributed by atoms with Crippen LogP contribution in [0, 0.1) is 11.6 Å². The maximum absolute atomic E-state index is 14.1. The molecule has 0 bridgehead atoms. The number of fused-ring (bicyclic) bond motifs is 5. The zero-order chi connectivity index (χ0) is 25.6. The lowest BCUT2D eigenvalue weighted by Gasteiger charge is -2.11. The fourth-order valence-corrected chi connectivity index (χ4v) is 4.98. The fraction of sp³-hybridized carbons (Fsp3) is 0. The summed E-state index contributed by atoms with van der Waals surface area (Å²) in [5, 5.41) is 6.86. The zero-order valence-corrected chi connectivity index (χ0v) is 20.1. The van der Waals surface area contributed by atoms with Crippen molar-refractivity contribution in [1.82, 2.24) is 15.0 Å². The highest BCUT2D eigenvalue weighted by molar-refractivity contribution is 6.17. The molecule has 3 nitrogen and oxygen atoms in total. The lowest BCUT2D eigenvalue weighted by Crippen LogP contribution is -2.00. The summed E-state index contributed by atoms with van der Waals surface area (Å²) in [6.07, 6.45) is 0. The molecule has 0 N–H and O–H groups in total. The molecule has 0 aliphatic rings. The summed E-state index contributed by atoms with van der Waals surface area (Å²) in [5.41, 5.74) is 1.82. The van der Waals surface area contributed by atoms with Crippen molar-refractivity contribution in [3.8, 4) is 34.2 Å². The first-order chi connectivity index (χ1) is 18.6. The van der Waals surface area contributed by atoms with Crippen molar-refractivity contribution in [1.29, 1.82) is 0 Å². The van der Waals surface area contributed by atoms with E-state index in [-0.39, 0.29) is 11.6 Å². The highest BCUT2D eigenvalue weighted by Crippen LogP contribution is 2.34. The SMILES string of the molecule is Fc1cccc(-c2nc(-c3cccc(F)c3)nc(-c3ccc4ccc5c6ccccc6ccc5c4c3)n2)c1. The zero-order valence-electron chi connectivity index (χ0n) is 20.1. The molecular formula is C33H19F2N3. The first-order valence-corrected chi connectivity index (χ1v) is 12.2. The van der Waals surface area contributed by atoms with Crippen LogP contribution in [0.1, 0.15) is 0 Å². The van der Waals surface area contributed by atoms with Crippen molar-refractivity contribution in [3.63, 3.8) is 0 Å². The van der Waals surface area contributed by atoms with Crippen LogP contribution in [-0.2, 0) is 0 Å². The number of rotatable bonds is 3. The minimum absolute atomic E-state index is 0.317. The van der Waals surface area contributed by atoms with Gasteiger partial charge in [0.15, 0.2) is 17.5 Å².